The lowest BCUT2D eigenvalue weighted by Crippen LogP contribution is -2.49. The Balaban J connectivity index is 1.83. The number of morpholine rings is 1. The molecule has 0 aromatic heterocycles. The first-order valence-electron chi connectivity index (χ1n) is 9.62. The Bertz CT molecular complexity index is 538. The number of para-hydroxylation sites is 1. The fourth-order valence-electron chi connectivity index (χ4n) is 3.11. The van der Waals surface area contributed by atoms with E-state index in [1.165, 1.54) is 0 Å². The topological polar surface area (TPSA) is 49.3 Å². The van der Waals surface area contributed by atoms with Gasteiger partial charge in [-0.2, -0.15) is 0 Å². The maximum Gasteiger partial charge on any atom is 0.193 e. The highest BCUT2D eigenvalue weighted by molar-refractivity contribution is 5.79. The molecular weight excluding hydrogens is 328 g/mol. The minimum Gasteiger partial charge on any atom is -0.492 e. The molecule has 1 fully saturated rings. The molecule has 1 heterocycles. The van der Waals surface area contributed by atoms with Crippen LogP contribution in [0.4, 0.5) is 0 Å². The molecule has 1 aromatic carbocycles. The summed E-state index contributed by atoms with van der Waals surface area (Å²) in [5.41, 5.74) is 0. The molecule has 6 heteroatoms. The normalized spacial score (nSPS) is 19.8. The second kappa shape index (κ2) is 11.0. The molecule has 1 saturated heterocycles. The maximum absolute atomic E-state index is 5.79. The molecule has 2 unspecified atom stereocenters. The fourth-order valence-corrected chi connectivity index (χ4v) is 3.11. The monoisotopic (exact) mass is 362 g/mol. The number of likely N-dealkylation sites (N-methyl/N-ethyl adjacent to an activating group) is 1. The van der Waals surface area contributed by atoms with Crippen LogP contribution in [0.5, 0.6) is 5.75 Å². The zero-order chi connectivity index (χ0) is 18.8. The zero-order valence-electron chi connectivity index (χ0n) is 16.6. The first-order chi connectivity index (χ1) is 12.6. The fraction of sp³-hybridized carbons (Fsp3) is 0.650. The van der Waals surface area contributed by atoms with E-state index in [0.29, 0.717) is 18.7 Å². The number of rotatable bonds is 8. The van der Waals surface area contributed by atoms with Crippen molar-refractivity contribution in [3.8, 4) is 5.75 Å². The van der Waals surface area contributed by atoms with Gasteiger partial charge in [0.15, 0.2) is 5.96 Å². The molecule has 6 nitrogen and oxygen atoms in total. The molecule has 2 rings (SSSR count). The predicted molar refractivity (Wildman–Crippen MR) is 107 cm³/mol. The highest BCUT2D eigenvalue weighted by Crippen LogP contribution is 2.11. The van der Waals surface area contributed by atoms with E-state index in [-0.39, 0.29) is 0 Å². The Morgan fingerprint density at radius 1 is 1.42 bits per heavy atom. The third-order valence-electron chi connectivity index (χ3n) is 4.63. The molecule has 146 valence electrons. The number of nitrogens with one attached hydrogen (secondary N) is 1. The van der Waals surface area contributed by atoms with E-state index in [2.05, 4.69) is 42.9 Å². The largest absolute Gasteiger partial charge is 0.492 e. The number of hydrogen-bond acceptors (Lipinski definition) is 4. The van der Waals surface area contributed by atoms with Gasteiger partial charge in [-0.1, -0.05) is 18.2 Å². The number of guanidine groups is 1. The second-order valence-corrected chi connectivity index (χ2v) is 6.79. The lowest BCUT2D eigenvalue weighted by Gasteiger charge is -2.37. The Labute approximate surface area is 158 Å². The van der Waals surface area contributed by atoms with Crippen molar-refractivity contribution in [3.63, 3.8) is 0 Å². The summed E-state index contributed by atoms with van der Waals surface area (Å²) >= 11 is 0. The zero-order valence-corrected chi connectivity index (χ0v) is 16.6. The highest BCUT2D eigenvalue weighted by Gasteiger charge is 2.23. The standard InChI is InChI=1S/C20H34N4O2/c1-5-21-20(22-15-17(2)24-12-13-25-16-18(24)3)23(4)11-14-26-19-9-7-6-8-10-19/h6-10,17-18H,5,11-16H2,1-4H3,(H,21,22). The van der Waals surface area contributed by atoms with Gasteiger partial charge in [-0.25, -0.2) is 0 Å². The van der Waals surface area contributed by atoms with Gasteiger partial charge in [-0.3, -0.25) is 9.89 Å². The van der Waals surface area contributed by atoms with E-state index in [9.17, 15) is 0 Å². The van der Waals surface area contributed by atoms with E-state index in [0.717, 1.165) is 51.1 Å². The van der Waals surface area contributed by atoms with Crippen LogP contribution in [-0.4, -0.2) is 80.9 Å². The van der Waals surface area contributed by atoms with Gasteiger partial charge < -0.3 is 19.7 Å². The van der Waals surface area contributed by atoms with Gasteiger partial charge in [0.1, 0.15) is 12.4 Å². The number of ether oxygens (including phenoxy) is 2. The van der Waals surface area contributed by atoms with Crippen LogP contribution in [0.3, 0.4) is 0 Å². The Morgan fingerprint density at radius 3 is 2.88 bits per heavy atom. The van der Waals surface area contributed by atoms with Crippen molar-refractivity contribution in [2.45, 2.75) is 32.9 Å². The smallest absolute Gasteiger partial charge is 0.193 e. The molecule has 1 aliphatic heterocycles. The SMILES string of the molecule is CCNC(=NCC(C)N1CCOCC1C)N(C)CCOc1ccccc1. The summed E-state index contributed by atoms with van der Waals surface area (Å²) in [6.45, 7) is 12.2. The van der Waals surface area contributed by atoms with Gasteiger partial charge in [0, 0.05) is 32.2 Å². The van der Waals surface area contributed by atoms with Crippen molar-refractivity contribution in [1.29, 1.82) is 0 Å². The van der Waals surface area contributed by atoms with E-state index < -0.39 is 0 Å². The average molecular weight is 363 g/mol. The Kier molecular flexibility index (Phi) is 8.71. The van der Waals surface area contributed by atoms with Gasteiger partial charge in [-0.05, 0) is 32.9 Å². The highest BCUT2D eigenvalue weighted by atomic mass is 16.5. The van der Waals surface area contributed by atoms with Crippen molar-refractivity contribution in [2.24, 2.45) is 4.99 Å². The molecule has 1 N–H and O–H groups in total. The summed E-state index contributed by atoms with van der Waals surface area (Å²) in [4.78, 5) is 9.45. The van der Waals surface area contributed by atoms with E-state index in [1.54, 1.807) is 0 Å². The summed E-state index contributed by atoms with van der Waals surface area (Å²) < 4.78 is 11.3. The van der Waals surface area contributed by atoms with Crippen LogP contribution in [0.25, 0.3) is 0 Å². The second-order valence-electron chi connectivity index (χ2n) is 6.79. The van der Waals surface area contributed by atoms with Crippen LogP contribution in [-0.2, 0) is 4.74 Å². The first-order valence-corrected chi connectivity index (χ1v) is 9.62. The quantitative estimate of drug-likeness (QED) is 0.567. The molecule has 0 spiro atoms. The van der Waals surface area contributed by atoms with Gasteiger partial charge in [-0.15, -0.1) is 0 Å². The van der Waals surface area contributed by atoms with Crippen molar-refractivity contribution in [2.75, 3.05) is 53.0 Å². The molecule has 0 saturated carbocycles. The van der Waals surface area contributed by atoms with Crippen LogP contribution in [0, 0.1) is 0 Å². The van der Waals surface area contributed by atoms with Crippen molar-refractivity contribution < 1.29 is 9.47 Å². The number of hydrogen-bond donors (Lipinski definition) is 1. The third kappa shape index (κ3) is 6.50. The van der Waals surface area contributed by atoms with Crippen LogP contribution in [0.2, 0.25) is 0 Å². The van der Waals surface area contributed by atoms with Crippen LogP contribution in [0.1, 0.15) is 20.8 Å². The van der Waals surface area contributed by atoms with Crippen LogP contribution in [0.15, 0.2) is 35.3 Å². The lowest BCUT2D eigenvalue weighted by atomic mass is 10.2. The minimum atomic E-state index is 0.400. The molecule has 0 bridgehead atoms. The molecule has 0 aliphatic carbocycles. The summed E-state index contributed by atoms with van der Waals surface area (Å²) in [7, 11) is 2.05. The Morgan fingerprint density at radius 2 is 2.19 bits per heavy atom. The average Bonchev–Trinajstić information content (AvgIpc) is 2.66. The third-order valence-corrected chi connectivity index (χ3v) is 4.63. The van der Waals surface area contributed by atoms with E-state index in [1.807, 2.05) is 30.3 Å². The first kappa shape index (κ1) is 20.5. The number of aliphatic imine (C=N–C) groups is 1. The number of nitrogens with zero attached hydrogens (tertiary/aromatic N) is 3. The molecule has 26 heavy (non-hydrogen) atoms. The van der Waals surface area contributed by atoms with E-state index >= 15 is 0 Å². The Hall–Kier alpha value is -1.79. The van der Waals surface area contributed by atoms with Crippen LogP contribution >= 0.6 is 0 Å². The molecule has 0 amide bonds. The molecular formula is C20H34N4O2. The minimum absolute atomic E-state index is 0.400. The van der Waals surface area contributed by atoms with Crippen molar-refractivity contribution >= 4 is 5.96 Å². The van der Waals surface area contributed by atoms with Crippen LogP contribution < -0.4 is 10.1 Å². The molecule has 2 atom stereocenters. The van der Waals surface area contributed by atoms with Crippen molar-refractivity contribution in [1.82, 2.24) is 15.1 Å². The molecule has 1 aromatic rings. The van der Waals surface area contributed by atoms with Gasteiger partial charge in [0.2, 0.25) is 0 Å². The van der Waals surface area contributed by atoms with E-state index in [4.69, 9.17) is 14.5 Å². The number of benzene rings is 1. The van der Waals surface area contributed by atoms with Crippen molar-refractivity contribution in [3.05, 3.63) is 30.3 Å². The maximum atomic E-state index is 5.79. The summed E-state index contributed by atoms with van der Waals surface area (Å²) in [6, 6.07) is 10.8. The van der Waals surface area contributed by atoms with Gasteiger partial charge in [0.25, 0.3) is 0 Å². The predicted octanol–water partition coefficient (Wildman–Crippen LogP) is 2.07. The summed E-state index contributed by atoms with van der Waals surface area (Å²) in [5.74, 6) is 1.83. The van der Waals surface area contributed by atoms with Gasteiger partial charge in [0.05, 0.1) is 26.3 Å². The molecule has 0 radical (unpaired) electrons. The summed E-state index contributed by atoms with van der Waals surface area (Å²) in [5, 5.41) is 3.38. The van der Waals surface area contributed by atoms with Gasteiger partial charge >= 0.3 is 0 Å². The molecule has 1 aliphatic rings. The lowest BCUT2D eigenvalue weighted by molar-refractivity contribution is -0.0166. The summed E-state index contributed by atoms with van der Waals surface area (Å²) in [6.07, 6.45) is 0.